The number of fused-ring (bicyclic) bond motifs is 1. The SMILES string of the molecule is Cn1nc(C([O-])=NC2CCc3cc(Cl)ccc32)cc1C1CC1. The summed E-state index contributed by atoms with van der Waals surface area (Å²) in [5.41, 5.74) is 3.94. The molecule has 0 amide bonds. The minimum atomic E-state index is -0.213. The van der Waals surface area contributed by atoms with Crippen molar-refractivity contribution in [1.82, 2.24) is 9.78 Å². The van der Waals surface area contributed by atoms with Gasteiger partial charge in [-0.1, -0.05) is 17.7 Å². The number of hydrogen-bond acceptors (Lipinski definition) is 3. The zero-order chi connectivity index (χ0) is 15.3. The molecule has 1 unspecified atom stereocenters. The van der Waals surface area contributed by atoms with Gasteiger partial charge in [0.15, 0.2) is 0 Å². The van der Waals surface area contributed by atoms with Gasteiger partial charge in [-0.15, -0.1) is 0 Å². The van der Waals surface area contributed by atoms with Crippen LogP contribution in [0.5, 0.6) is 0 Å². The van der Waals surface area contributed by atoms with Crippen molar-refractivity contribution in [2.45, 2.75) is 37.6 Å². The minimum absolute atomic E-state index is 0.0638. The van der Waals surface area contributed by atoms with Crippen LogP contribution in [-0.2, 0) is 13.5 Å². The van der Waals surface area contributed by atoms with Crippen molar-refractivity contribution in [2.24, 2.45) is 12.0 Å². The average molecular weight is 315 g/mol. The lowest BCUT2D eigenvalue weighted by molar-refractivity contribution is -0.214. The summed E-state index contributed by atoms with van der Waals surface area (Å²) < 4.78 is 1.82. The molecule has 0 radical (unpaired) electrons. The molecule has 22 heavy (non-hydrogen) atoms. The van der Waals surface area contributed by atoms with E-state index in [0.29, 0.717) is 11.6 Å². The van der Waals surface area contributed by atoms with Gasteiger partial charge in [-0.25, -0.2) is 0 Å². The maximum atomic E-state index is 12.4. The molecule has 2 aliphatic carbocycles. The van der Waals surface area contributed by atoms with Gasteiger partial charge in [0.05, 0.1) is 11.7 Å². The van der Waals surface area contributed by atoms with Crippen LogP contribution < -0.4 is 5.11 Å². The van der Waals surface area contributed by atoms with Crippen molar-refractivity contribution in [2.75, 3.05) is 0 Å². The Bertz CT molecular complexity index is 761. The predicted octanol–water partition coefficient (Wildman–Crippen LogP) is 2.75. The van der Waals surface area contributed by atoms with Crippen LogP contribution in [0.15, 0.2) is 29.3 Å². The van der Waals surface area contributed by atoms with Crippen molar-refractivity contribution >= 4 is 17.5 Å². The summed E-state index contributed by atoms with van der Waals surface area (Å²) in [7, 11) is 1.90. The molecule has 4 nitrogen and oxygen atoms in total. The topological polar surface area (TPSA) is 53.2 Å². The number of aryl methyl sites for hydroxylation is 2. The minimum Gasteiger partial charge on any atom is -0.857 e. The van der Waals surface area contributed by atoms with E-state index >= 15 is 0 Å². The van der Waals surface area contributed by atoms with Gasteiger partial charge >= 0.3 is 0 Å². The first kappa shape index (κ1) is 13.8. The second-order valence-electron chi connectivity index (χ2n) is 6.18. The number of aliphatic imine (C=N–C) groups is 1. The highest BCUT2D eigenvalue weighted by Crippen LogP contribution is 2.40. The van der Waals surface area contributed by atoms with Crippen molar-refractivity contribution < 1.29 is 5.11 Å². The zero-order valence-corrected chi connectivity index (χ0v) is 13.2. The Morgan fingerprint density at radius 3 is 2.91 bits per heavy atom. The molecule has 0 saturated heterocycles. The zero-order valence-electron chi connectivity index (χ0n) is 12.4. The molecule has 1 saturated carbocycles. The highest BCUT2D eigenvalue weighted by atomic mass is 35.5. The van der Waals surface area contributed by atoms with Crippen LogP contribution in [0, 0.1) is 0 Å². The van der Waals surface area contributed by atoms with Crippen molar-refractivity contribution in [1.29, 1.82) is 0 Å². The predicted molar refractivity (Wildman–Crippen MR) is 84.2 cm³/mol. The molecule has 1 aromatic carbocycles. The normalized spacial score (nSPS) is 21.2. The summed E-state index contributed by atoms with van der Waals surface area (Å²) in [6.07, 6.45) is 4.18. The van der Waals surface area contributed by atoms with Gasteiger partial charge in [0.2, 0.25) is 0 Å². The fourth-order valence-electron chi connectivity index (χ4n) is 3.25. The molecular weight excluding hydrogens is 298 g/mol. The molecule has 2 aliphatic rings. The Balaban J connectivity index is 1.62. The summed E-state index contributed by atoms with van der Waals surface area (Å²) >= 11 is 6.02. The van der Waals surface area contributed by atoms with E-state index in [-0.39, 0.29) is 11.9 Å². The molecule has 114 valence electrons. The van der Waals surface area contributed by atoms with Gasteiger partial charge in [-0.05, 0) is 55.0 Å². The van der Waals surface area contributed by atoms with Gasteiger partial charge in [0.1, 0.15) is 0 Å². The average Bonchev–Trinajstić information content (AvgIpc) is 3.15. The maximum Gasteiger partial charge on any atom is 0.0957 e. The van der Waals surface area contributed by atoms with Crippen molar-refractivity contribution in [3.05, 3.63) is 51.8 Å². The van der Waals surface area contributed by atoms with Gasteiger partial charge < -0.3 is 5.11 Å². The number of nitrogens with zero attached hydrogens (tertiary/aromatic N) is 3. The first-order chi connectivity index (χ1) is 10.6. The molecule has 0 spiro atoms. The highest BCUT2D eigenvalue weighted by Gasteiger charge is 2.27. The Morgan fingerprint density at radius 1 is 1.32 bits per heavy atom. The number of rotatable bonds is 3. The van der Waals surface area contributed by atoms with E-state index in [0.717, 1.165) is 29.1 Å². The van der Waals surface area contributed by atoms with Crippen molar-refractivity contribution in [3.63, 3.8) is 0 Å². The third kappa shape index (κ3) is 2.41. The Labute approximate surface area is 134 Å². The van der Waals surface area contributed by atoms with Gasteiger partial charge in [0, 0.05) is 29.6 Å². The van der Waals surface area contributed by atoms with Crippen LogP contribution in [0.3, 0.4) is 0 Å². The Hall–Kier alpha value is -1.81. The summed E-state index contributed by atoms with van der Waals surface area (Å²) in [5.74, 6) is 0.365. The molecule has 0 N–H and O–H groups in total. The standard InChI is InChI=1S/C17H18ClN3O/c1-21-16(10-2-3-10)9-15(20-21)17(22)19-14-7-4-11-8-12(18)5-6-13(11)14/h5-6,8-10,14H,2-4,7H2,1H3,(H,19,22)/p-1. The van der Waals surface area contributed by atoms with Gasteiger partial charge in [-0.2, -0.15) is 5.10 Å². The largest absolute Gasteiger partial charge is 0.857 e. The van der Waals surface area contributed by atoms with Crippen LogP contribution in [0.25, 0.3) is 0 Å². The molecule has 0 bridgehead atoms. The quantitative estimate of drug-likeness (QED) is 0.646. The Kier molecular flexibility index (Phi) is 3.22. The second-order valence-corrected chi connectivity index (χ2v) is 6.62. The van der Waals surface area contributed by atoms with E-state index in [1.807, 2.05) is 36.0 Å². The monoisotopic (exact) mass is 314 g/mol. The molecule has 1 aromatic heterocycles. The number of aromatic nitrogens is 2. The van der Waals surface area contributed by atoms with E-state index in [1.165, 1.54) is 18.4 Å². The van der Waals surface area contributed by atoms with Crippen LogP contribution in [0.2, 0.25) is 5.02 Å². The molecule has 2 aromatic rings. The smallest absolute Gasteiger partial charge is 0.0957 e. The van der Waals surface area contributed by atoms with E-state index in [1.54, 1.807) is 0 Å². The second kappa shape index (κ2) is 5.13. The maximum absolute atomic E-state index is 12.4. The van der Waals surface area contributed by atoms with E-state index in [4.69, 9.17) is 11.6 Å². The summed E-state index contributed by atoms with van der Waals surface area (Å²) in [6.45, 7) is 0. The molecule has 1 fully saturated rings. The summed E-state index contributed by atoms with van der Waals surface area (Å²) in [6, 6.07) is 7.67. The molecule has 1 heterocycles. The lowest BCUT2D eigenvalue weighted by Gasteiger charge is -2.13. The highest BCUT2D eigenvalue weighted by molar-refractivity contribution is 6.30. The number of hydrogen-bond donors (Lipinski definition) is 0. The van der Waals surface area contributed by atoms with Crippen LogP contribution >= 0.6 is 11.6 Å². The summed E-state index contributed by atoms with van der Waals surface area (Å²) in [4.78, 5) is 4.39. The van der Waals surface area contributed by atoms with Crippen LogP contribution in [-0.4, -0.2) is 15.7 Å². The fraction of sp³-hybridized carbons (Fsp3) is 0.412. The van der Waals surface area contributed by atoms with Crippen LogP contribution in [0.1, 0.15) is 53.7 Å². The number of benzene rings is 1. The van der Waals surface area contributed by atoms with E-state index in [9.17, 15) is 5.11 Å². The van der Waals surface area contributed by atoms with E-state index in [2.05, 4.69) is 10.1 Å². The van der Waals surface area contributed by atoms with Gasteiger partial charge in [-0.3, -0.25) is 9.67 Å². The van der Waals surface area contributed by atoms with Crippen molar-refractivity contribution in [3.8, 4) is 0 Å². The molecule has 0 aliphatic heterocycles. The van der Waals surface area contributed by atoms with Crippen LogP contribution in [0.4, 0.5) is 0 Å². The first-order valence-electron chi connectivity index (χ1n) is 7.69. The van der Waals surface area contributed by atoms with E-state index < -0.39 is 0 Å². The molecular formula is C17H17ClN3O-. The first-order valence-corrected chi connectivity index (χ1v) is 8.07. The fourth-order valence-corrected chi connectivity index (χ4v) is 3.45. The third-order valence-corrected chi connectivity index (χ3v) is 4.79. The molecule has 4 rings (SSSR count). The molecule has 5 heteroatoms. The van der Waals surface area contributed by atoms with Gasteiger partial charge in [0.25, 0.3) is 0 Å². The summed E-state index contributed by atoms with van der Waals surface area (Å²) in [5, 5.41) is 17.5. The third-order valence-electron chi connectivity index (χ3n) is 4.55. The number of halogens is 1. The molecule has 1 atom stereocenters. The lowest BCUT2D eigenvalue weighted by Crippen LogP contribution is -2.20. The lowest BCUT2D eigenvalue weighted by atomic mass is 10.1. The Morgan fingerprint density at radius 2 is 2.14 bits per heavy atom.